The molecule has 0 bridgehead atoms. The van der Waals surface area contributed by atoms with Crippen LogP contribution in [-0.2, 0) is 21.4 Å². The van der Waals surface area contributed by atoms with Gasteiger partial charge in [-0.15, -0.1) is 0 Å². The SMILES string of the molecule is COc1cccc(OC)c1CNC(=O)COc1ccc(S(=O)(=O)Nc2ccc(Cl)cc2)cc1. The average Bonchev–Trinajstić information content (AvgIpc) is 2.82. The number of ether oxygens (including phenoxy) is 3. The van der Waals surface area contributed by atoms with Crippen molar-refractivity contribution in [3.8, 4) is 17.2 Å². The first kappa shape index (κ1) is 24.2. The normalized spacial score (nSPS) is 10.9. The van der Waals surface area contributed by atoms with E-state index in [1.165, 1.54) is 38.5 Å². The molecule has 0 aliphatic carbocycles. The van der Waals surface area contributed by atoms with Gasteiger partial charge >= 0.3 is 0 Å². The van der Waals surface area contributed by atoms with Crippen LogP contribution < -0.4 is 24.2 Å². The van der Waals surface area contributed by atoms with E-state index in [9.17, 15) is 13.2 Å². The molecule has 0 atom stereocenters. The molecule has 2 N–H and O–H groups in total. The lowest BCUT2D eigenvalue weighted by atomic mass is 10.1. The van der Waals surface area contributed by atoms with Crippen LogP contribution in [0.3, 0.4) is 0 Å². The van der Waals surface area contributed by atoms with Gasteiger partial charge in [0.2, 0.25) is 0 Å². The molecule has 0 unspecified atom stereocenters. The maximum absolute atomic E-state index is 12.5. The number of amides is 1. The number of rotatable bonds is 10. The van der Waals surface area contributed by atoms with Crippen LogP contribution >= 0.6 is 11.6 Å². The van der Waals surface area contributed by atoms with Gasteiger partial charge in [-0.3, -0.25) is 9.52 Å². The number of anilines is 1. The average molecular weight is 491 g/mol. The van der Waals surface area contributed by atoms with E-state index in [0.717, 1.165) is 0 Å². The third kappa shape index (κ3) is 6.53. The van der Waals surface area contributed by atoms with E-state index in [0.29, 0.717) is 33.5 Å². The van der Waals surface area contributed by atoms with E-state index >= 15 is 0 Å². The van der Waals surface area contributed by atoms with E-state index in [2.05, 4.69) is 10.0 Å². The largest absolute Gasteiger partial charge is 0.496 e. The van der Waals surface area contributed by atoms with Gasteiger partial charge in [0.25, 0.3) is 15.9 Å². The minimum atomic E-state index is -3.78. The lowest BCUT2D eigenvalue weighted by Gasteiger charge is -2.14. The minimum Gasteiger partial charge on any atom is -0.496 e. The van der Waals surface area contributed by atoms with Crippen molar-refractivity contribution in [1.82, 2.24) is 5.32 Å². The number of hydrogen-bond acceptors (Lipinski definition) is 6. The molecule has 3 aromatic carbocycles. The van der Waals surface area contributed by atoms with Crippen molar-refractivity contribution < 1.29 is 27.4 Å². The third-order valence-electron chi connectivity index (χ3n) is 4.59. The maximum Gasteiger partial charge on any atom is 0.261 e. The van der Waals surface area contributed by atoms with Gasteiger partial charge in [0, 0.05) is 10.7 Å². The second-order valence-corrected chi connectivity index (χ2v) is 8.91. The standard InChI is InChI=1S/C23H23ClN2O6S/c1-30-21-4-3-5-22(31-2)20(21)14-25-23(27)15-32-18-10-12-19(13-11-18)33(28,29)26-17-8-6-16(24)7-9-17/h3-13,26H,14-15H2,1-2H3,(H,25,27). The Morgan fingerprint density at radius 2 is 1.52 bits per heavy atom. The Bertz CT molecular complexity index is 1180. The van der Waals surface area contributed by atoms with Crippen molar-refractivity contribution >= 4 is 33.2 Å². The molecule has 174 valence electrons. The third-order valence-corrected chi connectivity index (χ3v) is 6.24. The Morgan fingerprint density at radius 3 is 2.09 bits per heavy atom. The zero-order chi connectivity index (χ0) is 23.8. The number of nitrogens with one attached hydrogen (secondary N) is 2. The van der Waals surface area contributed by atoms with Crippen LogP contribution in [0.25, 0.3) is 0 Å². The molecule has 0 fully saturated rings. The lowest BCUT2D eigenvalue weighted by molar-refractivity contribution is -0.123. The molecule has 8 nitrogen and oxygen atoms in total. The van der Waals surface area contributed by atoms with Crippen LogP contribution in [0.5, 0.6) is 17.2 Å². The molecular formula is C23H23ClN2O6S. The summed E-state index contributed by atoms with van der Waals surface area (Å²) in [5, 5.41) is 3.25. The Kier molecular flexibility index (Phi) is 8.02. The van der Waals surface area contributed by atoms with Gasteiger partial charge in [0.05, 0.1) is 31.2 Å². The summed E-state index contributed by atoms with van der Waals surface area (Å²) in [5.41, 5.74) is 1.10. The molecule has 0 heterocycles. The molecule has 10 heteroatoms. The molecule has 0 saturated carbocycles. The molecule has 0 aromatic heterocycles. The Morgan fingerprint density at radius 1 is 0.909 bits per heavy atom. The molecule has 3 aromatic rings. The number of sulfonamides is 1. The van der Waals surface area contributed by atoms with Crippen molar-refractivity contribution in [2.45, 2.75) is 11.4 Å². The van der Waals surface area contributed by atoms with E-state index in [1.54, 1.807) is 42.5 Å². The van der Waals surface area contributed by atoms with Crippen LogP contribution in [0.1, 0.15) is 5.56 Å². The Labute approximate surface area is 197 Å². The number of carbonyl (C=O) groups is 1. The van der Waals surface area contributed by atoms with Gasteiger partial charge in [0.1, 0.15) is 17.2 Å². The molecule has 3 rings (SSSR count). The highest BCUT2D eigenvalue weighted by Crippen LogP contribution is 2.28. The first-order valence-electron chi connectivity index (χ1n) is 9.80. The fraction of sp³-hybridized carbons (Fsp3) is 0.174. The summed E-state index contributed by atoms with van der Waals surface area (Å²) in [6, 6.07) is 17.4. The maximum atomic E-state index is 12.5. The Hall–Kier alpha value is -3.43. The van der Waals surface area contributed by atoms with Crippen LogP contribution in [0.4, 0.5) is 5.69 Å². The number of hydrogen-bond donors (Lipinski definition) is 2. The number of methoxy groups -OCH3 is 2. The van der Waals surface area contributed by atoms with Gasteiger partial charge in [0.15, 0.2) is 6.61 Å². The second-order valence-electron chi connectivity index (χ2n) is 6.79. The van der Waals surface area contributed by atoms with Crippen LogP contribution in [0.2, 0.25) is 5.02 Å². The fourth-order valence-corrected chi connectivity index (χ4v) is 4.12. The number of benzene rings is 3. The van der Waals surface area contributed by atoms with Gasteiger partial charge in [-0.25, -0.2) is 8.42 Å². The monoisotopic (exact) mass is 490 g/mol. The molecule has 0 aliphatic rings. The van der Waals surface area contributed by atoms with Crippen LogP contribution in [0.15, 0.2) is 71.6 Å². The topological polar surface area (TPSA) is 103 Å². The zero-order valence-corrected chi connectivity index (χ0v) is 19.6. The smallest absolute Gasteiger partial charge is 0.261 e. The van der Waals surface area contributed by atoms with Crippen molar-refractivity contribution in [3.05, 3.63) is 77.3 Å². The zero-order valence-electron chi connectivity index (χ0n) is 18.0. The van der Waals surface area contributed by atoms with Gasteiger partial charge in [-0.2, -0.15) is 0 Å². The summed E-state index contributed by atoms with van der Waals surface area (Å²) in [6.45, 7) is -0.0461. The lowest BCUT2D eigenvalue weighted by Crippen LogP contribution is -2.28. The molecule has 0 spiro atoms. The molecule has 33 heavy (non-hydrogen) atoms. The second kappa shape index (κ2) is 10.9. The van der Waals surface area contributed by atoms with E-state index in [4.69, 9.17) is 25.8 Å². The van der Waals surface area contributed by atoms with Crippen LogP contribution in [-0.4, -0.2) is 35.2 Å². The summed E-state index contributed by atoms with van der Waals surface area (Å²) in [4.78, 5) is 12.3. The van der Waals surface area contributed by atoms with E-state index < -0.39 is 10.0 Å². The molecule has 0 aliphatic heterocycles. The van der Waals surface area contributed by atoms with E-state index in [1.807, 2.05) is 0 Å². The van der Waals surface area contributed by atoms with Crippen molar-refractivity contribution in [2.75, 3.05) is 25.5 Å². The number of halogens is 1. The minimum absolute atomic E-state index is 0.0533. The van der Waals surface area contributed by atoms with Gasteiger partial charge < -0.3 is 19.5 Å². The van der Waals surface area contributed by atoms with Crippen molar-refractivity contribution in [1.29, 1.82) is 0 Å². The molecule has 0 radical (unpaired) electrons. The first-order chi connectivity index (χ1) is 15.8. The highest BCUT2D eigenvalue weighted by atomic mass is 35.5. The molecule has 0 saturated heterocycles. The number of carbonyl (C=O) groups excluding carboxylic acids is 1. The predicted molar refractivity (Wildman–Crippen MR) is 126 cm³/mol. The summed E-state index contributed by atoms with van der Waals surface area (Å²) in [5.74, 6) is 1.19. The Balaban J connectivity index is 1.55. The quantitative estimate of drug-likeness (QED) is 0.447. The summed E-state index contributed by atoms with van der Waals surface area (Å²) in [6.07, 6.45) is 0. The van der Waals surface area contributed by atoms with Gasteiger partial charge in [-0.1, -0.05) is 17.7 Å². The van der Waals surface area contributed by atoms with Crippen molar-refractivity contribution in [3.63, 3.8) is 0 Å². The predicted octanol–water partition coefficient (Wildman–Crippen LogP) is 3.85. The van der Waals surface area contributed by atoms with Gasteiger partial charge in [-0.05, 0) is 60.7 Å². The molecule has 1 amide bonds. The highest BCUT2D eigenvalue weighted by molar-refractivity contribution is 7.92. The highest BCUT2D eigenvalue weighted by Gasteiger charge is 2.15. The fourth-order valence-electron chi connectivity index (χ4n) is 2.94. The van der Waals surface area contributed by atoms with Crippen LogP contribution in [0, 0.1) is 0 Å². The summed E-state index contributed by atoms with van der Waals surface area (Å²) >= 11 is 5.82. The summed E-state index contributed by atoms with van der Waals surface area (Å²) < 4.78 is 43.6. The molecular weight excluding hydrogens is 468 g/mol. The first-order valence-corrected chi connectivity index (χ1v) is 11.7. The summed E-state index contributed by atoms with van der Waals surface area (Å²) in [7, 11) is -0.699. The van der Waals surface area contributed by atoms with Crippen molar-refractivity contribution in [2.24, 2.45) is 0 Å². The van der Waals surface area contributed by atoms with E-state index in [-0.39, 0.29) is 24.0 Å².